The van der Waals surface area contributed by atoms with Crippen molar-refractivity contribution in [3.8, 4) is 11.5 Å². The molecule has 11 heteroatoms. The van der Waals surface area contributed by atoms with E-state index in [1.54, 1.807) is 34.7 Å². The second kappa shape index (κ2) is 7.78. The van der Waals surface area contributed by atoms with Crippen LogP contribution in [0.2, 0.25) is 0 Å². The first kappa shape index (κ1) is 18.7. The number of aromatic nitrogens is 3. The quantitative estimate of drug-likeness (QED) is 0.648. The van der Waals surface area contributed by atoms with E-state index < -0.39 is 10.0 Å². The number of thiophene rings is 1. The molecule has 1 amide bonds. The van der Waals surface area contributed by atoms with Crippen LogP contribution < -0.4 is 4.72 Å². The van der Waals surface area contributed by atoms with E-state index in [4.69, 9.17) is 4.42 Å². The number of carbonyl (C=O) groups is 1. The van der Waals surface area contributed by atoms with Gasteiger partial charge in [0.05, 0.1) is 17.8 Å². The highest BCUT2D eigenvalue weighted by Gasteiger charge is 2.25. The molecule has 0 atom stereocenters. The van der Waals surface area contributed by atoms with Crippen molar-refractivity contribution < 1.29 is 17.6 Å². The van der Waals surface area contributed by atoms with E-state index in [2.05, 4.69) is 19.9 Å². The summed E-state index contributed by atoms with van der Waals surface area (Å²) in [5.41, 5.74) is 1.07. The summed E-state index contributed by atoms with van der Waals surface area (Å²) < 4.78 is 33.1. The molecule has 1 aliphatic rings. The molecule has 1 aliphatic heterocycles. The Bertz CT molecular complexity index is 1070. The maximum Gasteiger partial charge on any atom is 0.311 e. The standard InChI is InChI=1S/C17H17N5O4S2/c23-17(22-7-3-4-8-22)16-21-20-15(26-16)12-9-14(27-11-12)28(24,25)19-10-13-5-1-2-6-18-13/h1-2,5-6,9,11,19H,3-4,7-8,10H2. The van der Waals surface area contributed by atoms with E-state index in [-0.39, 0.29) is 28.4 Å². The minimum Gasteiger partial charge on any atom is -0.412 e. The van der Waals surface area contributed by atoms with Crippen LogP contribution >= 0.6 is 11.3 Å². The van der Waals surface area contributed by atoms with E-state index in [9.17, 15) is 13.2 Å². The molecular formula is C17H17N5O4S2. The number of nitrogens with zero attached hydrogens (tertiary/aromatic N) is 4. The first-order valence-electron chi connectivity index (χ1n) is 8.64. The third-order valence-corrected chi connectivity index (χ3v) is 7.10. The molecule has 0 radical (unpaired) electrons. The summed E-state index contributed by atoms with van der Waals surface area (Å²) in [6.07, 6.45) is 3.53. The number of amides is 1. The molecule has 4 heterocycles. The van der Waals surface area contributed by atoms with Crippen molar-refractivity contribution >= 4 is 27.3 Å². The van der Waals surface area contributed by atoms with Gasteiger partial charge < -0.3 is 9.32 Å². The summed E-state index contributed by atoms with van der Waals surface area (Å²) in [5, 5.41) is 9.30. The Morgan fingerprint density at radius 2 is 2.07 bits per heavy atom. The van der Waals surface area contributed by atoms with Gasteiger partial charge in [-0.1, -0.05) is 6.07 Å². The second-order valence-corrected chi connectivity index (χ2v) is 9.12. The highest BCUT2D eigenvalue weighted by atomic mass is 32.2. The summed E-state index contributed by atoms with van der Waals surface area (Å²) in [6, 6.07) is 6.73. The molecule has 0 spiro atoms. The number of hydrogen-bond donors (Lipinski definition) is 1. The van der Waals surface area contributed by atoms with Gasteiger partial charge in [0.1, 0.15) is 4.21 Å². The minimum absolute atomic E-state index is 0.0826. The highest BCUT2D eigenvalue weighted by Crippen LogP contribution is 2.28. The molecule has 146 valence electrons. The fraction of sp³-hybridized carbons (Fsp3) is 0.294. The number of hydrogen-bond acceptors (Lipinski definition) is 8. The van der Waals surface area contributed by atoms with Crippen molar-refractivity contribution in [3.05, 3.63) is 47.4 Å². The van der Waals surface area contributed by atoms with Gasteiger partial charge in [0.15, 0.2) is 0 Å². The summed E-state index contributed by atoms with van der Waals surface area (Å²) in [7, 11) is -3.70. The van der Waals surface area contributed by atoms with Gasteiger partial charge in [0.2, 0.25) is 15.9 Å². The highest BCUT2D eigenvalue weighted by molar-refractivity contribution is 7.91. The summed E-state index contributed by atoms with van der Waals surface area (Å²) >= 11 is 1.04. The summed E-state index contributed by atoms with van der Waals surface area (Å²) in [4.78, 5) is 18.1. The molecule has 28 heavy (non-hydrogen) atoms. The number of nitrogens with one attached hydrogen (secondary N) is 1. The molecule has 1 saturated heterocycles. The van der Waals surface area contributed by atoms with Crippen LogP contribution in [0.25, 0.3) is 11.5 Å². The fourth-order valence-corrected chi connectivity index (χ4v) is 4.99. The predicted molar refractivity (Wildman–Crippen MR) is 101 cm³/mol. The zero-order valence-electron chi connectivity index (χ0n) is 14.7. The summed E-state index contributed by atoms with van der Waals surface area (Å²) in [5.74, 6) is -0.262. The molecular weight excluding hydrogens is 402 g/mol. The van der Waals surface area contributed by atoms with Gasteiger partial charge in [-0.2, -0.15) is 0 Å². The maximum absolute atomic E-state index is 12.5. The average molecular weight is 419 g/mol. The zero-order chi connectivity index (χ0) is 19.6. The first-order chi connectivity index (χ1) is 13.5. The monoisotopic (exact) mass is 419 g/mol. The van der Waals surface area contributed by atoms with Crippen molar-refractivity contribution in [2.24, 2.45) is 0 Å². The lowest BCUT2D eigenvalue weighted by Gasteiger charge is -2.11. The third kappa shape index (κ3) is 3.96. The van der Waals surface area contributed by atoms with Crippen LogP contribution in [0.1, 0.15) is 29.2 Å². The number of likely N-dealkylation sites (tertiary alicyclic amines) is 1. The van der Waals surface area contributed by atoms with Gasteiger partial charge in [-0.05, 0) is 31.0 Å². The number of rotatable bonds is 6. The molecule has 4 rings (SSSR count). The predicted octanol–water partition coefficient (Wildman–Crippen LogP) is 1.91. The SMILES string of the molecule is O=C(c1nnc(-c2csc(S(=O)(=O)NCc3ccccn3)c2)o1)N1CCCC1. The van der Waals surface area contributed by atoms with Crippen LogP contribution in [0.3, 0.4) is 0 Å². The van der Waals surface area contributed by atoms with Crippen LogP contribution in [-0.2, 0) is 16.6 Å². The van der Waals surface area contributed by atoms with Gasteiger partial charge in [-0.15, -0.1) is 21.5 Å². The molecule has 3 aromatic heterocycles. The smallest absolute Gasteiger partial charge is 0.311 e. The van der Waals surface area contributed by atoms with Gasteiger partial charge in [-0.25, -0.2) is 13.1 Å². The van der Waals surface area contributed by atoms with Crippen LogP contribution in [0.5, 0.6) is 0 Å². The Hall–Kier alpha value is -2.63. The van der Waals surface area contributed by atoms with Crippen LogP contribution in [0.15, 0.2) is 44.5 Å². The van der Waals surface area contributed by atoms with Gasteiger partial charge >= 0.3 is 11.8 Å². The van der Waals surface area contributed by atoms with E-state index in [0.29, 0.717) is 24.3 Å². The minimum atomic E-state index is -3.70. The molecule has 0 bridgehead atoms. The second-order valence-electron chi connectivity index (χ2n) is 6.21. The van der Waals surface area contributed by atoms with Crippen molar-refractivity contribution in [2.75, 3.05) is 13.1 Å². The topological polar surface area (TPSA) is 118 Å². The Balaban J connectivity index is 1.47. The molecule has 3 aromatic rings. The number of pyridine rings is 1. The van der Waals surface area contributed by atoms with E-state index in [1.807, 2.05) is 0 Å². The molecule has 1 fully saturated rings. The molecule has 9 nitrogen and oxygen atoms in total. The Morgan fingerprint density at radius 1 is 1.25 bits per heavy atom. The maximum atomic E-state index is 12.5. The Labute approximate surface area is 165 Å². The first-order valence-corrected chi connectivity index (χ1v) is 11.0. The van der Waals surface area contributed by atoms with E-state index in [1.165, 1.54) is 6.07 Å². The molecule has 0 aromatic carbocycles. The summed E-state index contributed by atoms with van der Waals surface area (Å²) in [6.45, 7) is 1.45. The molecule has 1 N–H and O–H groups in total. The number of carbonyl (C=O) groups excluding carboxylic acids is 1. The van der Waals surface area contributed by atoms with Crippen molar-refractivity contribution in [1.82, 2.24) is 24.8 Å². The van der Waals surface area contributed by atoms with Crippen LogP contribution in [0, 0.1) is 0 Å². The van der Waals surface area contributed by atoms with Crippen molar-refractivity contribution in [3.63, 3.8) is 0 Å². The molecule has 0 unspecified atom stereocenters. The Kier molecular flexibility index (Phi) is 5.20. The van der Waals surface area contributed by atoms with Crippen molar-refractivity contribution in [1.29, 1.82) is 0 Å². The Morgan fingerprint density at radius 3 is 2.82 bits per heavy atom. The van der Waals surface area contributed by atoms with Crippen LogP contribution in [0.4, 0.5) is 0 Å². The molecule has 0 saturated carbocycles. The van der Waals surface area contributed by atoms with Gasteiger partial charge in [0.25, 0.3) is 0 Å². The van der Waals surface area contributed by atoms with Gasteiger partial charge in [0, 0.05) is 24.7 Å². The van der Waals surface area contributed by atoms with E-state index >= 15 is 0 Å². The fourth-order valence-electron chi connectivity index (χ4n) is 2.79. The zero-order valence-corrected chi connectivity index (χ0v) is 16.4. The van der Waals surface area contributed by atoms with Crippen molar-refractivity contribution in [2.45, 2.75) is 23.6 Å². The third-order valence-electron chi connectivity index (χ3n) is 4.26. The van der Waals surface area contributed by atoms with Gasteiger partial charge in [-0.3, -0.25) is 9.78 Å². The lowest BCUT2D eigenvalue weighted by molar-refractivity contribution is 0.0754. The van der Waals surface area contributed by atoms with E-state index in [0.717, 1.165) is 24.2 Å². The lowest BCUT2D eigenvalue weighted by Crippen LogP contribution is -2.27. The normalized spacial score (nSPS) is 14.5. The average Bonchev–Trinajstić information content (AvgIpc) is 3.47. The lowest BCUT2D eigenvalue weighted by atomic mass is 10.3. The van der Waals surface area contributed by atoms with Crippen LogP contribution in [-0.4, -0.2) is 47.5 Å². The molecule has 0 aliphatic carbocycles. The largest absolute Gasteiger partial charge is 0.412 e. The number of sulfonamides is 1.